The summed E-state index contributed by atoms with van der Waals surface area (Å²) in [5, 5.41) is 11.4. The van der Waals surface area contributed by atoms with Gasteiger partial charge in [-0.1, -0.05) is 90.6 Å². The fourth-order valence-electron chi connectivity index (χ4n) is 8.79. The molecule has 55 heavy (non-hydrogen) atoms. The van der Waals surface area contributed by atoms with Gasteiger partial charge < -0.3 is 26.2 Å². The standard InChI is InChI=1S/C42H65N5O7S/c1-7-14-34(37(48)39(50)43-21-8-2)44-38(49)36-32(24-29(5)6)17-22-47(36)40(51)35(33-25-30-15-10-11-16-31(30)26-33)45-41(52)46-42(19-12-9-13-20-42)27-55(53,54)23-18-28(3)4/h8,10-11,15-16,28-29,32-36H,2,7,9,12-14,17-27H2,1,3-6H3,(H,43,50)(H,44,49)(H2,45,46,52)/t32-,34?,35+,36+/m1/s1. The van der Waals surface area contributed by atoms with E-state index in [1.54, 1.807) is 4.90 Å². The Morgan fingerprint density at radius 1 is 0.945 bits per heavy atom. The molecule has 2 aliphatic carbocycles. The molecule has 4 rings (SSSR count). The first kappa shape index (κ1) is 44.0. The first-order chi connectivity index (χ1) is 26.1. The number of urea groups is 1. The van der Waals surface area contributed by atoms with E-state index in [0.717, 1.165) is 30.4 Å². The van der Waals surface area contributed by atoms with E-state index >= 15 is 0 Å². The van der Waals surface area contributed by atoms with Crippen LogP contribution >= 0.6 is 0 Å². The Morgan fingerprint density at radius 3 is 2.18 bits per heavy atom. The summed E-state index contributed by atoms with van der Waals surface area (Å²) >= 11 is 0. The predicted molar refractivity (Wildman–Crippen MR) is 215 cm³/mol. The average Bonchev–Trinajstić information content (AvgIpc) is 3.75. The van der Waals surface area contributed by atoms with Crippen LogP contribution in [-0.4, -0.2) is 91.1 Å². The van der Waals surface area contributed by atoms with Crippen LogP contribution in [0.25, 0.3) is 0 Å². The number of hydrogen-bond donors (Lipinski definition) is 4. The summed E-state index contributed by atoms with van der Waals surface area (Å²) in [7, 11) is -3.47. The molecule has 1 saturated heterocycles. The topological polar surface area (TPSA) is 171 Å². The zero-order valence-corrected chi connectivity index (χ0v) is 34.5. The van der Waals surface area contributed by atoms with Gasteiger partial charge in [-0.3, -0.25) is 19.2 Å². The summed E-state index contributed by atoms with van der Waals surface area (Å²) in [6, 6.07) is 4.39. The number of likely N-dealkylation sites (tertiary alicyclic amines) is 1. The van der Waals surface area contributed by atoms with Crippen LogP contribution in [0.3, 0.4) is 0 Å². The van der Waals surface area contributed by atoms with Crippen LogP contribution in [0.5, 0.6) is 0 Å². The molecule has 0 bridgehead atoms. The lowest BCUT2D eigenvalue weighted by atomic mass is 9.83. The van der Waals surface area contributed by atoms with Crippen LogP contribution in [0, 0.1) is 23.7 Å². The van der Waals surface area contributed by atoms with Gasteiger partial charge in [0.1, 0.15) is 12.1 Å². The minimum absolute atomic E-state index is 0.0529. The monoisotopic (exact) mass is 783 g/mol. The third kappa shape index (κ3) is 12.1. The number of nitrogens with zero attached hydrogens (tertiary/aromatic N) is 1. The minimum atomic E-state index is -3.47. The summed E-state index contributed by atoms with van der Waals surface area (Å²) in [6.45, 7) is 13.9. The van der Waals surface area contributed by atoms with Crippen molar-refractivity contribution in [1.82, 2.24) is 26.2 Å². The normalized spacial score (nSPS) is 20.7. The number of rotatable bonds is 19. The number of carbonyl (C=O) groups is 5. The highest BCUT2D eigenvalue weighted by Crippen LogP contribution is 2.35. The SMILES string of the molecule is C=CCNC(=O)C(=O)C(CCC)NC(=O)[C@@H]1[C@@H](CC(C)C)CCN1C(=O)[C@@H](NC(=O)NC1(CS(=O)(=O)CCC(C)C)CCCCC1)C1Cc2ccccc2C1. The van der Waals surface area contributed by atoms with E-state index < -0.39 is 57.1 Å². The summed E-state index contributed by atoms with van der Waals surface area (Å²) in [4.78, 5) is 70.8. The van der Waals surface area contributed by atoms with Crippen molar-refractivity contribution in [2.75, 3.05) is 24.6 Å². The summed E-state index contributed by atoms with van der Waals surface area (Å²) in [6.07, 6.45) is 8.73. The Kier molecular flexibility index (Phi) is 15.9. The van der Waals surface area contributed by atoms with Crippen LogP contribution in [0.2, 0.25) is 0 Å². The third-order valence-corrected chi connectivity index (χ3v) is 13.3. The van der Waals surface area contributed by atoms with Crippen LogP contribution < -0.4 is 21.3 Å². The van der Waals surface area contributed by atoms with Crippen molar-refractivity contribution in [1.29, 1.82) is 0 Å². The fourth-order valence-corrected chi connectivity index (χ4v) is 11.0. The van der Waals surface area contributed by atoms with Gasteiger partial charge in [0.25, 0.3) is 5.91 Å². The number of ketones is 1. The minimum Gasteiger partial charge on any atom is -0.346 e. The molecule has 0 radical (unpaired) electrons. The van der Waals surface area contributed by atoms with Gasteiger partial charge in [0.15, 0.2) is 9.84 Å². The second-order valence-corrected chi connectivity index (χ2v) is 19.2. The zero-order chi connectivity index (χ0) is 40.3. The second kappa shape index (κ2) is 19.9. The maximum atomic E-state index is 15.0. The number of Topliss-reactive ketones (excluding diaryl/α,β-unsaturated/α-hetero) is 1. The Bertz CT molecular complexity index is 1610. The van der Waals surface area contributed by atoms with Crippen molar-refractivity contribution in [2.24, 2.45) is 23.7 Å². The largest absolute Gasteiger partial charge is 0.346 e. The van der Waals surface area contributed by atoms with Crippen LogP contribution in [0.1, 0.15) is 110 Å². The molecule has 0 aromatic heterocycles. The molecule has 5 amide bonds. The van der Waals surface area contributed by atoms with Crippen molar-refractivity contribution < 1.29 is 32.4 Å². The van der Waals surface area contributed by atoms with Crippen molar-refractivity contribution in [2.45, 2.75) is 135 Å². The summed E-state index contributed by atoms with van der Waals surface area (Å²) in [5.41, 5.74) is 1.25. The Morgan fingerprint density at radius 2 is 1.60 bits per heavy atom. The van der Waals surface area contributed by atoms with Crippen LogP contribution in [0.4, 0.5) is 4.79 Å². The number of sulfone groups is 1. The highest BCUT2D eigenvalue weighted by atomic mass is 32.2. The van der Waals surface area contributed by atoms with Gasteiger partial charge in [-0.05, 0) is 86.2 Å². The van der Waals surface area contributed by atoms with Gasteiger partial charge in [-0.25, -0.2) is 13.2 Å². The second-order valence-electron chi connectivity index (χ2n) is 17.0. The van der Waals surface area contributed by atoms with Gasteiger partial charge in [0.2, 0.25) is 17.6 Å². The molecule has 306 valence electrons. The zero-order valence-electron chi connectivity index (χ0n) is 33.7. The molecule has 3 aliphatic rings. The molecular formula is C42H65N5O7S. The highest BCUT2D eigenvalue weighted by Gasteiger charge is 2.47. The Labute approximate surface area is 328 Å². The lowest BCUT2D eigenvalue weighted by molar-refractivity contribution is -0.144. The van der Waals surface area contributed by atoms with E-state index in [-0.39, 0.29) is 60.6 Å². The maximum Gasteiger partial charge on any atom is 0.315 e. The smallest absolute Gasteiger partial charge is 0.315 e. The summed E-state index contributed by atoms with van der Waals surface area (Å²) in [5.74, 6) is -2.59. The summed E-state index contributed by atoms with van der Waals surface area (Å²) < 4.78 is 26.7. The van der Waals surface area contributed by atoms with E-state index in [2.05, 4.69) is 41.7 Å². The van der Waals surface area contributed by atoms with E-state index in [9.17, 15) is 32.4 Å². The number of amides is 5. The highest BCUT2D eigenvalue weighted by molar-refractivity contribution is 7.91. The lowest BCUT2D eigenvalue weighted by Crippen LogP contribution is -2.62. The number of hydrogen-bond acceptors (Lipinski definition) is 7. The van der Waals surface area contributed by atoms with Crippen molar-refractivity contribution in [3.8, 4) is 0 Å². The molecule has 1 saturated carbocycles. The molecule has 4 atom stereocenters. The van der Waals surface area contributed by atoms with Crippen molar-refractivity contribution in [3.05, 3.63) is 48.0 Å². The van der Waals surface area contributed by atoms with Crippen LogP contribution in [-0.2, 0) is 41.9 Å². The molecule has 12 nitrogen and oxygen atoms in total. The van der Waals surface area contributed by atoms with Gasteiger partial charge in [-0.15, -0.1) is 6.58 Å². The Balaban J connectivity index is 1.63. The van der Waals surface area contributed by atoms with Gasteiger partial charge in [-0.2, -0.15) is 0 Å². The van der Waals surface area contributed by atoms with Gasteiger partial charge in [0.05, 0.1) is 23.1 Å². The van der Waals surface area contributed by atoms with Crippen molar-refractivity contribution >= 4 is 39.4 Å². The quantitative estimate of drug-likeness (QED) is 0.117. The van der Waals surface area contributed by atoms with E-state index in [1.165, 1.54) is 6.08 Å². The number of nitrogens with one attached hydrogen (secondary N) is 4. The molecule has 13 heteroatoms. The van der Waals surface area contributed by atoms with Crippen LogP contribution in [0.15, 0.2) is 36.9 Å². The van der Waals surface area contributed by atoms with Crippen molar-refractivity contribution in [3.63, 3.8) is 0 Å². The molecule has 1 unspecified atom stereocenters. The first-order valence-electron chi connectivity index (χ1n) is 20.5. The third-order valence-electron chi connectivity index (χ3n) is 11.5. The maximum absolute atomic E-state index is 15.0. The van der Waals surface area contributed by atoms with Gasteiger partial charge in [0, 0.05) is 13.1 Å². The average molecular weight is 784 g/mol. The first-order valence-corrected chi connectivity index (χ1v) is 22.3. The molecule has 1 aliphatic heterocycles. The number of benzene rings is 1. The molecular weight excluding hydrogens is 719 g/mol. The Hall–Kier alpha value is -3.74. The number of fused-ring (bicyclic) bond motifs is 1. The van der Waals surface area contributed by atoms with E-state index in [4.69, 9.17) is 0 Å². The molecule has 0 spiro atoms. The van der Waals surface area contributed by atoms with E-state index in [1.807, 2.05) is 45.0 Å². The van der Waals surface area contributed by atoms with E-state index in [0.29, 0.717) is 51.4 Å². The molecule has 1 aromatic rings. The predicted octanol–water partition coefficient (Wildman–Crippen LogP) is 4.65. The van der Waals surface area contributed by atoms with Gasteiger partial charge >= 0.3 is 6.03 Å². The number of carbonyl (C=O) groups excluding carboxylic acids is 5. The molecule has 4 N–H and O–H groups in total. The lowest BCUT2D eigenvalue weighted by Gasteiger charge is -2.39. The molecule has 1 aromatic carbocycles. The molecule has 2 fully saturated rings. The fraction of sp³-hybridized carbons (Fsp3) is 0.690. The molecule has 1 heterocycles.